The molecular weight excluding hydrogens is 286 g/mol. The molecule has 0 radical (unpaired) electrons. The van der Waals surface area contributed by atoms with Crippen LogP contribution in [0.25, 0.3) is 0 Å². The molecule has 0 bridgehead atoms. The zero-order chi connectivity index (χ0) is 17.1. The van der Waals surface area contributed by atoms with Crippen LogP contribution >= 0.6 is 0 Å². The van der Waals surface area contributed by atoms with Crippen LogP contribution in [0.15, 0.2) is 12.1 Å². The Bertz CT molecular complexity index is 551. The van der Waals surface area contributed by atoms with Gasteiger partial charge in [0.2, 0.25) is 0 Å². The van der Waals surface area contributed by atoms with E-state index in [0.29, 0.717) is 11.1 Å². The molecule has 1 atom stereocenters. The number of carboxylic acid groups (broad SMARTS) is 1. The third-order valence-corrected chi connectivity index (χ3v) is 2.98. The number of nitrogens with one attached hydrogen (secondary N) is 1. The maximum Gasteiger partial charge on any atom is 0.408 e. The van der Waals surface area contributed by atoms with Crippen LogP contribution in [-0.4, -0.2) is 33.9 Å². The number of hydrogen-bond donors (Lipinski definition) is 3. The van der Waals surface area contributed by atoms with Crippen molar-refractivity contribution in [2.24, 2.45) is 0 Å². The fraction of sp³-hybridized carbons (Fsp3) is 0.500. The van der Waals surface area contributed by atoms with Crippen LogP contribution in [0.1, 0.15) is 37.5 Å². The number of carbonyl (C=O) groups excluding carboxylic acids is 1. The summed E-state index contributed by atoms with van der Waals surface area (Å²) in [7, 11) is 0. The number of aryl methyl sites for hydroxylation is 2. The van der Waals surface area contributed by atoms with Gasteiger partial charge in [0.1, 0.15) is 17.4 Å². The molecule has 122 valence electrons. The van der Waals surface area contributed by atoms with Gasteiger partial charge in [-0.1, -0.05) is 12.1 Å². The number of aliphatic carboxylic acids is 1. The second-order valence-electron chi connectivity index (χ2n) is 6.32. The summed E-state index contributed by atoms with van der Waals surface area (Å²) >= 11 is 0. The third kappa shape index (κ3) is 5.27. The molecule has 0 aromatic heterocycles. The highest BCUT2D eigenvalue weighted by molar-refractivity contribution is 5.80. The number of hydrogen-bond acceptors (Lipinski definition) is 4. The van der Waals surface area contributed by atoms with Gasteiger partial charge in [-0.05, 0) is 51.3 Å². The standard InChI is InChI=1S/C16H23NO5/c1-9-6-11(7-10(2)13(9)18)8-12(14(19)20)17-15(21)22-16(3,4)5/h6-7,12,18H,8H2,1-5H3,(H,17,21)(H,19,20). The van der Waals surface area contributed by atoms with Gasteiger partial charge in [-0.15, -0.1) is 0 Å². The van der Waals surface area contributed by atoms with E-state index < -0.39 is 23.7 Å². The van der Waals surface area contributed by atoms with Gasteiger partial charge >= 0.3 is 12.1 Å². The Kier molecular flexibility index (Phi) is 5.41. The third-order valence-electron chi connectivity index (χ3n) is 2.98. The number of phenolic OH excluding ortho intramolecular Hbond substituents is 1. The van der Waals surface area contributed by atoms with Crippen LogP contribution in [0.2, 0.25) is 0 Å². The summed E-state index contributed by atoms with van der Waals surface area (Å²) in [6, 6.07) is 2.31. The highest BCUT2D eigenvalue weighted by Gasteiger charge is 2.24. The molecule has 0 aliphatic rings. The van der Waals surface area contributed by atoms with E-state index >= 15 is 0 Å². The lowest BCUT2D eigenvalue weighted by Gasteiger charge is -2.22. The largest absolute Gasteiger partial charge is 0.507 e. The van der Waals surface area contributed by atoms with Crippen LogP contribution in [0.4, 0.5) is 4.79 Å². The highest BCUT2D eigenvalue weighted by atomic mass is 16.6. The lowest BCUT2D eigenvalue weighted by atomic mass is 10.0. The van der Waals surface area contributed by atoms with Crippen molar-refractivity contribution in [2.75, 3.05) is 0 Å². The number of carboxylic acids is 1. The van der Waals surface area contributed by atoms with E-state index in [9.17, 15) is 19.8 Å². The van der Waals surface area contributed by atoms with Gasteiger partial charge in [0.15, 0.2) is 0 Å². The number of alkyl carbamates (subject to hydrolysis) is 1. The molecular formula is C16H23NO5. The highest BCUT2D eigenvalue weighted by Crippen LogP contribution is 2.23. The van der Waals surface area contributed by atoms with Crippen molar-refractivity contribution in [1.29, 1.82) is 0 Å². The Labute approximate surface area is 130 Å². The van der Waals surface area contributed by atoms with Crippen LogP contribution in [0, 0.1) is 13.8 Å². The van der Waals surface area contributed by atoms with Crippen molar-refractivity contribution in [3.8, 4) is 5.75 Å². The number of carbonyl (C=O) groups is 2. The van der Waals surface area contributed by atoms with Crippen LogP contribution in [0.3, 0.4) is 0 Å². The van der Waals surface area contributed by atoms with Crippen LogP contribution < -0.4 is 5.32 Å². The molecule has 0 heterocycles. The Morgan fingerprint density at radius 1 is 1.23 bits per heavy atom. The first-order chi connectivity index (χ1) is 9.99. The summed E-state index contributed by atoms with van der Waals surface area (Å²) in [4.78, 5) is 23.0. The summed E-state index contributed by atoms with van der Waals surface area (Å²) in [6.07, 6.45) is -0.664. The molecule has 1 rings (SSSR count). The molecule has 0 saturated carbocycles. The predicted molar refractivity (Wildman–Crippen MR) is 82.1 cm³/mol. The number of rotatable bonds is 4. The zero-order valence-corrected chi connectivity index (χ0v) is 13.6. The van der Waals surface area contributed by atoms with E-state index in [2.05, 4.69) is 5.32 Å². The first-order valence-electron chi connectivity index (χ1n) is 7.01. The molecule has 6 heteroatoms. The van der Waals surface area contributed by atoms with E-state index in [4.69, 9.17) is 4.74 Å². The average Bonchev–Trinajstić information content (AvgIpc) is 2.32. The maximum absolute atomic E-state index is 11.7. The molecule has 22 heavy (non-hydrogen) atoms. The first kappa shape index (κ1) is 17.8. The number of phenols is 1. The Morgan fingerprint density at radius 3 is 2.14 bits per heavy atom. The van der Waals surface area contributed by atoms with Gasteiger partial charge in [0, 0.05) is 6.42 Å². The predicted octanol–water partition coefficient (Wildman–Crippen LogP) is 2.53. The maximum atomic E-state index is 11.7. The molecule has 6 nitrogen and oxygen atoms in total. The SMILES string of the molecule is Cc1cc(CC(NC(=O)OC(C)(C)C)C(=O)O)cc(C)c1O. The number of ether oxygens (including phenoxy) is 1. The smallest absolute Gasteiger partial charge is 0.408 e. The molecule has 3 N–H and O–H groups in total. The van der Waals surface area contributed by atoms with Crippen LogP contribution in [0.5, 0.6) is 5.75 Å². The molecule has 1 amide bonds. The molecule has 1 aromatic carbocycles. The Hall–Kier alpha value is -2.24. The number of amides is 1. The Morgan fingerprint density at radius 2 is 1.73 bits per heavy atom. The van der Waals surface area contributed by atoms with Crippen molar-refractivity contribution in [2.45, 2.75) is 52.7 Å². The van der Waals surface area contributed by atoms with Gasteiger partial charge in [-0.2, -0.15) is 0 Å². The van der Waals surface area contributed by atoms with Crippen molar-refractivity contribution in [1.82, 2.24) is 5.32 Å². The zero-order valence-electron chi connectivity index (χ0n) is 13.6. The fourth-order valence-electron chi connectivity index (χ4n) is 2.05. The lowest BCUT2D eigenvalue weighted by Crippen LogP contribution is -2.44. The minimum atomic E-state index is -1.14. The monoisotopic (exact) mass is 309 g/mol. The lowest BCUT2D eigenvalue weighted by molar-refractivity contribution is -0.139. The molecule has 1 unspecified atom stereocenters. The van der Waals surface area contributed by atoms with Crippen molar-refractivity contribution < 1.29 is 24.5 Å². The van der Waals surface area contributed by atoms with Crippen molar-refractivity contribution >= 4 is 12.1 Å². The van der Waals surface area contributed by atoms with E-state index in [-0.39, 0.29) is 12.2 Å². The van der Waals surface area contributed by atoms with Crippen molar-refractivity contribution in [3.63, 3.8) is 0 Å². The summed E-state index contributed by atoms with van der Waals surface area (Å²) in [5.74, 6) is -0.954. The fourth-order valence-corrected chi connectivity index (χ4v) is 2.05. The van der Waals surface area contributed by atoms with Gasteiger partial charge in [0.05, 0.1) is 0 Å². The molecule has 0 aliphatic heterocycles. The molecule has 0 saturated heterocycles. The van der Waals surface area contributed by atoms with Gasteiger partial charge in [-0.3, -0.25) is 0 Å². The van der Waals surface area contributed by atoms with E-state index in [1.165, 1.54) is 0 Å². The van der Waals surface area contributed by atoms with E-state index in [0.717, 1.165) is 5.56 Å². The second-order valence-corrected chi connectivity index (χ2v) is 6.32. The molecule has 0 fully saturated rings. The summed E-state index contributed by atoms with van der Waals surface area (Å²) in [6.45, 7) is 8.59. The summed E-state index contributed by atoms with van der Waals surface area (Å²) < 4.78 is 5.07. The van der Waals surface area contributed by atoms with Gasteiger partial charge < -0.3 is 20.3 Å². The Balaban J connectivity index is 2.85. The van der Waals surface area contributed by atoms with E-state index in [1.54, 1.807) is 46.8 Å². The van der Waals surface area contributed by atoms with Crippen molar-refractivity contribution in [3.05, 3.63) is 28.8 Å². The minimum Gasteiger partial charge on any atom is -0.507 e. The van der Waals surface area contributed by atoms with Gasteiger partial charge in [-0.25, -0.2) is 9.59 Å². The van der Waals surface area contributed by atoms with E-state index in [1.807, 2.05) is 0 Å². The summed E-state index contributed by atoms with van der Waals surface area (Å²) in [5, 5.41) is 21.3. The number of benzene rings is 1. The first-order valence-corrected chi connectivity index (χ1v) is 7.01. The molecule has 0 aliphatic carbocycles. The topological polar surface area (TPSA) is 95.9 Å². The average molecular weight is 309 g/mol. The van der Waals surface area contributed by atoms with Crippen LogP contribution in [-0.2, 0) is 16.0 Å². The summed E-state index contributed by atoms with van der Waals surface area (Å²) in [5.41, 5.74) is 1.35. The second kappa shape index (κ2) is 6.68. The minimum absolute atomic E-state index is 0.108. The molecule has 0 spiro atoms. The quantitative estimate of drug-likeness (QED) is 0.794. The molecule has 1 aromatic rings. The van der Waals surface area contributed by atoms with Gasteiger partial charge in [0.25, 0.3) is 0 Å². The normalized spacial score (nSPS) is 12.6. The number of aromatic hydroxyl groups is 1.